The van der Waals surface area contributed by atoms with Gasteiger partial charge >= 0.3 is 7.12 Å². The lowest BCUT2D eigenvalue weighted by atomic mass is 9.76. The van der Waals surface area contributed by atoms with E-state index in [9.17, 15) is 0 Å². The Morgan fingerprint density at radius 1 is 1.15 bits per heavy atom. The van der Waals surface area contributed by atoms with E-state index in [0.717, 1.165) is 16.8 Å². The monoisotopic (exact) mass is 179 g/mol. The molecule has 13 heavy (non-hydrogen) atoms. The van der Waals surface area contributed by atoms with Crippen molar-refractivity contribution in [3.8, 4) is 0 Å². The molecule has 0 spiro atoms. The molecule has 0 aromatic heterocycles. The Labute approximate surface area is 78.6 Å². The molecule has 0 amide bonds. The second kappa shape index (κ2) is 3.81. The molecular formula is C9H14BNO2. The molecule has 70 valence electrons. The van der Waals surface area contributed by atoms with Crippen molar-refractivity contribution in [1.82, 2.24) is 0 Å². The molecule has 0 fully saturated rings. The van der Waals surface area contributed by atoms with Crippen molar-refractivity contribution in [3.63, 3.8) is 0 Å². The second-order valence-corrected chi connectivity index (χ2v) is 3.15. The predicted molar refractivity (Wildman–Crippen MR) is 55.3 cm³/mol. The minimum atomic E-state index is -1.40. The summed E-state index contributed by atoms with van der Waals surface area (Å²) in [5.41, 5.74) is 3.47. The summed E-state index contributed by atoms with van der Waals surface area (Å²) in [5.74, 6) is 0. The maximum absolute atomic E-state index is 9.04. The maximum atomic E-state index is 9.04. The SMILES string of the molecule is CNc1cc(B(O)O)c(C)cc1C. The summed E-state index contributed by atoms with van der Waals surface area (Å²) >= 11 is 0. The summed E-state index contributed by atoms with van der Waals surface area (Å²) in [6.07, 6.45) is 0. The van der Waals surface area contributed by atoms with Crippen molar-refractivity contribution >= 4 is 18.3 Å². The van der Waals surface area contributed by atoms with Gasteiger partial charge in [-0.15, -0.1) is 0 Å². The molecule has 0 aliphatic heterocycles. The summed E-state index contributed by atoms with van der Waals surface area (Å²) in [7, 11) is 0.415. The van der Waals surface area contributed by atoms with Crippen molar-refractivity contribution in [2.75, 3.05) is 12.4 Å². The topological polar surface area (TPSA) is 52.5 Å². The molecule has 4 heteroatoms. The number of benzene rings is 1. The van der Waals surface area contributed by atoms with Crippen molar-refractivity contribution < 1.29 is 10.0 Å². The molecule has 0 atom stereocenters. The van der Waals surface area contributed by atoms with Crippen molar-refractivity contribution in [3.05, 3.63) is 23.3 Å². The van der Waals surface area contributed by atoms with Gasteiger partial charge in [-0.3, -0.25) is 0 Å². The molecule has 1 rings (SSSR count). The Kier molecular flexibility index (Phi) is 2.96. The predicted octanol–water partition coefficient (Wildman–Crippen LogP) is 0.0249. The van der Waals surface area contributed by atoms with Crippen LogP contribution < -0.4 is 10.8 Å². The van der Waals surface area contributed by atoms with Gasteiger partial charge in [-0.2, -0.15) is 0 Å². The quantitative estimate of drug-likeness (QED) is 0.561. The highest BCUT2D eigenvalue weighted by Gasteiger charge is 2.15. The first-order valence-electron chi connectivity index (χ1n) is 4.21. The Balaban J connectivity index is 3.22. The number of hydrogen-bond donors (Lipinski definition) is 3. The third kappa shape index (κ3) is 2.02. The first-order chi connectivity index (χ1) is 6.06. The van der Waals surface area contributed by atoms with Crippen molar-refractivity contribution in [2.24, 2.45) is 0 Å². The van der Waals surface area contributed by atoms with Crippen LogP contribution in [0.1, 0.15) is 11.1 Å². The number of nitrogens with one attached hydrogen (secondary N) is 1. The van der Waals surface area contributed by atoms with Gasteiger partial charge in [0.1, 0.15) is 0 Å². The summed E-state index contributed by atoms with van der Waals surface area (Å²) in [6.45, 7) is 3.84. The molecule has 0 heterocycles. The molecule has 1 aromatic carbocycles. The molecule has 1 aromatic rings. The fourth-order valence-corrected chi connectivity index (χ4v) is 1.42. The lowest BCUT2D eigenvalue weighted by molar-refractivity contribution is 0.425. The zero-order valence-electron chi connectivity index (χ0n) is 8.13. The number of anilines is 1. The van der Waals surface area contributed by atoms with Crippen molar-refractivity contribution in [1.29, 1.82) is 0 Å². The zero-order valence-corrected chi connectivity index (χ0v) is 8.13. The van der Waals surface area contributed by atoms with E-state index in [4.69, 9.17) is 10.0 Å². The molecule has 0 bridgehead atoms. The highest BCUT2D eigenvalue weighted by molar-refractivity contribution is 6.59. The highest BCUT2D eigenvalue weighted by Crippen LogP contribution is 2.13. The van der Waals surface area contributed by atoms with E-state index in [1.165, 1.54) is 0 Å². The summed E-state index contributed by atoms with van der Waals surface area (Å²) in [5, 5.41) is 21.1. The van der Waals surface area contributed by atoms with Crippen LogP contribution in [0.25, 0.3) is 0 Å². The third-order valence-corrected chi connectivity index (χ3v) is 2.16. The Morgan fingerprint density at radius 3 is 2.23 bits per heavy atom. The van der Waals surface area contributed by atoms with Crippen LogP contribution in [0.15, 0.2) is 12.1 Å². The average molecular weight is 179 g/mol. The van der Waals surface area contributed by atoms with Gasteiger partial charge < -0.3 is 15.4 Å². The van der Waals surface area contributed by atoms with Gasteiger partial charge in [0.2, 0.25) is 0 Å². The normalized spacial score (nSPS) is 9.92. The number of rotatable bonds is 2. The molecule has 0 unspecified atom stereocenters. The van der Waals surface area contributed by atoms with Crippen molar-refractivity contribution in [2.45, 2.75) is 13.8 Å². The van der Waals surface area contributed by atoms with Crippen LogP contribution in [0.4, 0.5) is 5.69 Å². The maximum Gasteiger partial charge on any atom is 0.488 e. The second-order valence-electron chi connectivity index (χ2n) is 3.15. The van der Waals surface area contributed by atoms with Gasteiger partial charge in [0.05, 0.1) is 0 Å². The van der Waals surface area contributed by atoms with E-state index in [-0.39, 0.29) is 0 Å². The van der Waals surface area contributed by atoms with Crippen LogP contribution in [0.3, 0.4) is 0 Å². The molecule has 0 aliphatic carbocycles. The van der Waals surface area contributed by atoms with Gasteiger partial charge in [0.15, 0.2) is 0 Å². The lowest BCUT2D eigenvalue weighted by Crippen LogP contribution is -2.32. The Hall–Kier alpha value is -0.995. The average Bonchev–Trinajstić information content (AvgIpc) is 2.03. The number of hydrogen-bond acceptors (Lipinski definition) is 3. The molecule has 0 radical (unpaired) electrons. The van der Waals surface area contributed by atoms with Gasteiger partial charge in [0.25, 0.3) is 0 Å². The lowest BCUT2D eigenvalue weighted by Gasteiger charge is -2.10. The van der Waals surface area contributed by atoms with Gasteiger partial charge in [0, 0.05) is 12.7 Å². The van der Waals surface area contributed by atoms with E-state index < -0.39 is 7.12 Å². The van der Waals surface area contributed by atoms with E-state index >= 15 is 0 Å². The largest absolute Gasteiger partial charge is 0.488 e. The van der Waals surface area contributed by atoms with E-state index in [0.29, 0.717) is 5.46 Å². The fourth-order valence-electron chi connectivity index (χ4n) is 1.42. The molecule has 0 saturated heterocycles. The molecular weight excluding hydrogens is 165 g/mol. The Bertz CT molecular complexity index is 313. The third-order valence-electron chi connectivity index (χ3n) is 2.16. The van der Waals surface area contributed by atoms with Crippen LogP contribution in [0.5, 0.6) is 0 Å². The zero-order chi connectivity index (χ0) is 10.0. The smallest absolute Gasteiger partial charge is 0.423 e. The molecule has 0 saturated carbocycles. The Morgan fingerprint density at radius 2 is 1.77 bits per heavy atom. The van der Waals surface area contributed by atoms with Gasteiger partial charge in [-0.05, 0) is 30.9 Å². The number of aryl methyl sites for hydroxylation is 2. The van der Waals surface area contributed by atoms with E-state index in [2.05, 4.69) is 5.32 Å². The molecule has 0 aliphatic rings. The molecule has 3 N–H and O–H groups in total. The highest BCUT2D eigenvalue weighted by atomic mass is 16.4. The van der Waals surface area contributed by atoms with Gasteiger partial charge in [-0.1, -0.05) is 11.6 Å². The van der Waals surface area contributed by atoms with Crippen LogP contribution >= 0.6 is 0 Å². The fraction of sp³-hybridized carbons (Fsp3) is 0.333. The van der Waals surface area contributed by atoms with E-state index in [1.54, 1.807) is 6.07 Å². The van der Waals surface area contributed by atoms with Crippen LogP contribution in [0.2, 0.25) is 0 Å². The molecule has 3 nitrogen and oxygen atoms in total. The van der Waals surface area contributed by atoms with Crippen LogP contribution in [-0.4, -0.2) is 24.2 Å². The summed E-state index contributed by atoms with van der Waals surface area (Å²) in [6, 6.07) is 3.69. The first kappa shape index (κ1) is 10.1. The van der Waals surface area contributed by atoms with E-state index in [1.807, 2.05) is 27.0 Å². The van der Waals surface area contributed by atoms with Crippen LogP contribution in [-0.2, 0) is 0 Å². The summed E-state index contributed by atoms with van der Waals surface area (Å²) in [4.78, 5) is 0. The summed E-state index contributed by atoms with van der Waals surface area (Å²) < 4.78 is 0. The van der Waals surface area contributed by atoms with Crippen LogP contribution in [0, 0.1) is 13.8 Å². The standard InChI is InChI=1S/C9H14BNO2/c1-6-4-7(2)9(11-3)5-8(6)10(12)13/h4-5,11-13H,1-3H3. The van der Waals surface area contributed by atoms with Gasteiger partial charge in [-0.25, -0.2) is 0 Å². The first-order valence-corrected chi connectivity index (χ1v) is 4.21. The minimum absolute atomic E-state index is 0.551. The minimum Gasteiger partial charge on any atom is -0.423 e.